The second kappa shape index (κ2) is 8.49. The van der Waals surface area contributed by atoms with Crippen molar-refractivity contribution in [3.05, 3.63) is 29.3 Å². The number of nitrogens with zero attached hydrogens (tertiary/aromatic N) is 1. The number of carbonyl (C=O) groups excluding carboxylic acids is 1. The Labute approximate surface area is 141 Å². The van der Waals surface area contributed by atoms with E-state index in [2.05, 4.69) is 25.7 Å². The number of carbonyl (C=O) groups is 1. The van der Waals surface area contributed by atoms with E-state index in [1.807, 2.05) is 25.1 Å². The predicted molar refractivity (Wildman–Crippen MR) is 95.3 cm³/mol. The summed E-state index contributed by atoms with van der Waals surface area (Å²) in [7, 11) is 0. The fraction of sp³-hybridized carbons (Fsp3) is 0.650. The topological polar surface area (TPSA) is 29.5 Å². The van der Waals surface area contributed by atoms with Gasteiger partial charge in [0.05, 0.1) is 12.2 Å². The maximum atomic E-state index is 12.7. The Morgan fingerprint density at radius 2 is 2.17 bits per heavy atom. The molecule has 0 spiro atoms. The van der Waals surface area contributed by atoms with E-state index in [-0.39, 0.29) is 5.78 Å². The monoisotopic (exact) mass is 317 g/mol. The van der Waals surface area contributed by atoms with Crippen molar-refractivity contribution in [2.45, 2.75) is 47.0 Å². The Morgan fingerprint density at radius 3 is 2.87 bits per heavy atom. The number of benzene rings is 1. The first kappa shape index (κ1) is 18.0. The Kier molecular flexibility index (Phi) is 6.64. The van der Waals surface area contributed by atoms with Crippen LogP contribution in [0.5, 0.6) is 5.75 Å². The zero-order valence-corrected chi connectivity index (χ0v) is 15.1. The quantitative estimate of drug-likeness (QED) is 0.701. The molecule has 0 radical (unpaired) electrons. The molecule has 1 aromatic rings. The molecule has 2 rings (SSSR count). The lowest BCUT2D eigenvalue weighted by atomic mass is 9.99. The molecular formula is C20H31NO2. The van der Waals surface area contributed by atoms with Gasteiger partial charge in [-0.3, -0.25) is 4.79 Å². The minimum absolute atomic E-state index is 0.200. The van der Waals surface area contributed by atoms with Crippen LogP contribution in [-0.2, 0) is 0 Å². The third-order valence-corrected chi connectivity index (χ3v) is 4.40. The highest BCUT2D eigenvalue weighted by atomic mass is 16.5. The summed E-state index contributed by atoms with van der Waals surface area (Å²) in [6.45, 7) is 12.3. The van der Waals surface area contributed by atoms with E-state index in [4.69, 9.17) is 4.74 Å². The van der Waals surface area contributed by atoms with Gasteiger partial charge in [0, 0.05) is 19.5 Å². The van der Waals surface area contributed by atoms with Crippen molar-refractivity contribution < 1.29 is 9.53 Å². The molecule has 0 bridgehead atoms. The number of likely N-dealkylation sites (tertiary alicyclic amines) is 1. The number of piperidine rings is 1. The van der Waals surface area contributed by atoms with Crippen LogP contribution < -0.4 is 4.74 Å². The van der Waals surface area contributed by atoms with Crippen LogP contribution in [0, 0.1) is 18.8 Å². The van der Waals surface area contributed by atoms with Crippen LogP contribution in [0.4, 0.5) is 0 Å². The summed E-state index contributed by atoms with van der Waals surface area (Å²) in [4.78, 5) is 15.1. The molecule has 1 aliphatic heterocycles. The van der Waals surface area contributed by atoms with Gasteiger partial charge in [0.15, 0.2) is 5.78 Å². The Morgan fingerprint density at radius 1 is 1.39 bits per heavy atom. The molecule has 1 heterocycles. The summed E-state index contributed by atoms with van der Waals surface area (Å²) in [5.74, 6) is 2.14. The summed E-state index contributed by atoms with van der Waals surface area (Å²) >= 11 is 0. The molecule has 1 saturated heterocycles. The van der Waals surface area contributed by atoms with Crippen LogP contribution >= 0.6 is 0 Å². The molecule has 3 nitrogen and oxygen atoms in total. The summed E-state index contributed by atoms with van der Waals surface area (Å²) in [6, 6.07) is 5.92. The normalized spacial score (nSPS) is 19.1. The lowest BCUT2D eigenvalue weighted by Crippen LogP contribution is -2.35. The molecule has 0 amide bonds. The average Bonchev–Trinajstić information content (AvgIpc) is 2.51. The number of hydrogen-bond acceptors (Lipinski definition) is 3. The second-order valence-electron chi connectivity index (χ2n) is 7.43. The summed E-state index contributed by atoms with van der Waals surface area (Å²) in [6.07, 6.45) is 3.15. The fourth-order valence-corrected chi connectivity index (χ4v) is 3.13. The van der Waals surface area contributed by atoms with Crippen LogP contribution in [-0.4, -0.2) is 36.9 Å². The van der Waals surface area contributed by atoms with Crippen LogP contribution in [0.15, 0.2) is 18.2 Å². The summed E-state index contributed by atoms with van der Waals surface area (Å²) in [5.41, 5.74) is 1.85. The van der Waals surface area contributed by atoms with Crippen molar-refractivity contribution in [3.8, 4) is 5.75 Å². The van der Waals surface area contributed by atoms with E-state index < -0.39 is 0 Å². The number of aryl methyl sites for hydroxylation is 1. The number of Topliss-reactive ketones (excluding diaryl/α,β-unsaturated/α-hetero) is 1. The van der Waals surface area contributed by atoms with Crippen molar-refractivity contribution in [3.63, 3.8) is 0 Å². The van der Waals surface area contributed by atoms with Gasteiger partial charge in [0.2, 0.25) is 0 Å². The zero-order chi connectivity index (χ0) is 16.8. The molecule has 0 saturated carbocycles. The van der Waals surface area contributed by atoms with Gasteiger partial charge in [-0.15, -0.1) is 0 Å². The maximum Gasteiger partial charge on any atom is 0.167 e. The molecule has 1 aliphatic rings. The summed E-state index contributed by atoms with van der Waals surface area (Å²) in [5, 5.41) is 0. The fourth-order valence-electron chi connectivity index (χ4n) is 3.13. The lowest BCUT2D eigenvalue weighted by molar-refractivity contribution is 0.0944. The van der Waals surface area contributed by atoms with E-state index >= 15 is 0 Å². The molecule has 1 atom stereocenters. The second-order valence-corrected chi connectivity index (χ2v) is 7.43. The first-order valence-electron chi connectivity index (χ1n) is 8.94. The highest BCUT2D eigenvalue weighted by Crippen LogP contribution is 2.23. The van der Waals surface area contributed by atoms with Gasteiger partial charge < -0.3 is 9.64 Å². The molecule has 23 heavy (non-hydrogen) atoms. The van der Waals surface area contributed by atoms with E-state index in [0.717, 1.165) is 42.4 Å². The third-order valence-electron chi connectivity index (χ3n) is 4.40. The molecule has 1 unspecified atom stereocenters. The van der Waals surface area contributed by atoms with E-state index in [1.54, 1.807) is 0 Å². The smallest absolute Gasteiger partial charge is 0.167 e. The van der Waals surface area contributed by atoms with E-state index in [0.29, 0.717) is 18.9 Å². The molecular weight excluding hydrogens is 286 g/mol. The van der Waals surface area contributed by atoms with Crippen LogP contribution in [0.1, 0.15) is 56.0 Å². The zero-order valence-electron chi connectivity index (χ0n) is 15.1. The van der Waals surface area contributed by atoms with Gasteiger partial charge in [-0.05, 0) is 50.3 Å². The standard InChI is InChI=1S/C20H31NO2/c1-15(2)14-23-20-8-7-16(3)12-18(20)19(22)9-11-21-10-5-6-17(4)13-21/h7-8,12,15,17H,5-6,9-11,13-14H2,1-4H3. The van der Waals surface area contributed by atoms with Gasteiger partial charge >= 0.3 is 0 Å². The lowest BCUT2D eigenvalue weighted by Gasteiger charge is -2.30. The molecule has 0 aromatic heterocycles. The number of ketones is 1. The average molecular weight is 317 g/mol. The highest BCUT2D eigenvalue weighted by Gasteiger charge is 2.19. The van der Waals surface area contributed by atoms with Crippen molar-refractivity contribution in [1.82, 2.24) is 4.90 Å². The number of rotatable bonds is 7. The van der Waals surface area contributed by atoms with Crippen LogP contribution in [0.25, 0.3) is 0 Å². The van der Waals surface area contributed by atoms with Gasteiger partial charge in [0.1, 0.15) is 5.75 Å². The Balaban J connectivity index is 1.98. The minimum Gasteiger partial charge on any atom is -0.493 e. The predicted octanol–water partition coefficient (Wildman–Crippen LogP) is 4.33. The highest BCUT2D eigenvalue weighted by molar-refractivity contribution is 5.99. The van der Waals surface area contributed by atoms with Crippen molar-refractivity contribution in [2.75, 3.05) is 26.2 Å². The Hall–Kier alpha value is -1.35. The van der Waals surface area contributed by atoms with Crippen molar-refractivity contribution in [1.29, 1.82) is 0 Å². The van der Waals surface area contributed by atoms with Gasteiger partial charge in [-0.2, -0.15) is 0 Å². The van der Waals surface area contributed by atoms with E-state index in [9.17, 15) is 4.79 Å². The molecule has 1 fully saturated rings. The molecule has 1 aromatic carbocycles. The largest absolute Gasteiger partial charge is 0.493 e. The SMILES string of the molecule is Cc1ccc(OCC(C)C)c(C(=O)CCN2CCCC(C)C2)c1. The minimum atomic E-state index is 0.200. The number of ether oxygens (including phenoxy) is 1. The van der Waals surface area contributed by atoms with Crippen LogP contribution in [0.2, 0.25) is 0 Å². The van der Waals surface area contributed by atoms with Crippen molar-refractivity contribution in [2.24, 2.45) is 11.8 Å². The first-order valence-corrected chi connectivity index (χ1v) is 8.94. The van der Waals surface area contributed by atoms with Crippen molar-refractivity contribution >= 4 is 5.78 Å². The molecule has 128 valence electrons. The number of hydrogen-bond donors (Lipinski definition) is 0. The maximum absolute atomic E-state index is 12.7. The van der Waals surface area contributed by atoms with Gasteiger partial charge in [0.25, 0.3) is 0 Å². The third kappa shape index (κ3) is 5.65. The van der Waals surface area contributed by atoms with Crippen LogP contribution in [0.3, 0.4) is 0 Å². The summed E-state index contributed by atoms with van der Waals surface area (Å²) < 4.78 is 5.85. The molecule has 0 N–H and O–H groups in total. The van der Waals surface area contributed by atoms with E-state index in [1.165, 1.54) is 12.8 Å². The Bertz CT molecular complexity index is 524. The van der Waals surface area contributed by atoms with Gasteiger partial charge in [-0.1, -0.05) is 32.4 Å². The molecule has 0 aliphatic carbocycles. The van der Waals surface area contributed by atoms with Gasteiger partial charge in [-0.25, -0.2) is 0 Å². The molecule has 3 heteroatoms. The first-order chi connectivity index (χ1) is 11.0.